The van der Waals surface area contributed by atoms with Gasteiger partial charge in [0.1, 0.15) is 6.04 Å². The topological polar surface area (TPSA) is 92.6 Å². The molecule has 38 heavy (non-hydrogen) atoms. The third-order valence-corrected chi connectivity index (χ3v) is 7.53. The molecule has 2 amide bonds. The first kappa shape index (κ1) is 29.4. The molecule has 0 saturated carbocycles. The highest BCUT2D eigenvalue weighted by molar-refractivity contribution is 9.10. The third-order valence-electron chi connectivity index (χ3n) is 6.01. The molecular weight excluding hydrogens is 566 g/mol. The third kappa shape index (κ3) is 9.29. The van der Waals surface area contributed by atoms with E-state index in [2.05, 4.69) is 28.2 Å². The molecule has 7 nitrogen and oxygen atoms in total. The van der Waals surface area contributed by atoms with Crippen molar-refractivity contribution in [2.24, 2.45) is 0 Å². The van der Waals surface area contributed by atoms with Gasteiger partial charge in [-0.2, -0.15) is 0 Å². The Labute approximate surface area is 236 Å². The van der Waals surface area contributed by atoms with E-state index < -0.39 is 11.0 Å². The number of rotatable bonds is 14. The number of nitrogens with one attached hydrogen (secondary N) is 1. The number of thioether (sulfide) groups is 1. The molecule has 3 aromatic rings. The van der Waals surface area contributed by atoms with Crippen molar-refractivity contribution in [1.82, 2.24) is 10.2 Å². The van der Waals surface area contributed by atoms with Crippen LogP contribution in [0.5, 0.6) is 0 Å². The first-order valence-electron chi connectivity index (χ1n) is 12.5. The van der Waals surface area contributed by atoms with E-state index in [1.807, 2.05) is 54.6 Å². The number of nitro groups is 1. The number of non-ortho nitro benzene ring substituents is 1. The summed E-state index contributed by atoms with van der Waals surface area (Å²) in [6, 6.07) is 23.2. The standard InChI is InChI=1S/C29H32BrN3O4S/c1-2-3-17-31-29(35)27(18-22-7-5-4-6-8-22)32(19-23-9-13-25(30)14-10-23)28(34)21-38-20-24-11-15-26(16-12-24)33(36)37/h4-16,27H,2-3,17-21H2,1H3,(H,31,35)/t27-/m1/s1. The fraction of sp³-hybridized carbons (Fsp3) is 0.310. The second-order valence-electron chi connectivity index (χ2n) is 8.91. The minimum atomic E-state index is -0.662. The molecule has 0 spiro atoms. The van der Waals surface area contributed by atoms with Crippen LogP contribution >= 0.6 is 27.7 Å². The van der Waals surface area contributed by atoms with Crippen LogP contribution in [0.4, 0.5) is 5.69 Å². The van der Waals surface area contributed by atoms with Crippen LogP contribution in [0, 0.1) is 10.1 Å². The lowest BCUT2D eigenvalue weighted by atomic mass is 10.0. The summed E-state index contributed by atoms with van der Waals surface area (Å²) in [7, 11) is 0. The fourth-order valence-electron chi connectivity index (χ4n) is 3.90. The lowest BCUT2D eigenvalue weighted by Crippen LogP contribution is -2.51. The van der Waals surface area contributed by atoms with Crippen molar-refractivity contribution in [2.45, 2.75) is 44.5 Å². The fourth-order valence-corrected chi connectivity index (χ4v) is 5.03. The predicted molar refractivity (Wildman–Crippen MR) is 156 cm³/mol. The number of carbonyl (C=O) groups excluding carboxylic acids is 2. The van der Waals surface area contributed by atoms with Crippen LogP contribution < -0.4 is 5.32 Å². The molecule has 0 unspecified atom stereocenters. The van der Waals surface area contributed by atoms with Gasteiger partial charge in [0.05, 0.1) is 10.7 Å². The molecule has 3 rings (SSSR count). The smallest absolute Gasteiger partial charge is 0.269 e. The van der Waals surface area contributed by atoms with Crippen LogP contribution in [-0.4, -0.2) is 40.0 Å². The number of nitro benzene ring substituents is 1. The molecule has 0 heterocycles. The lowest BCUT2D eigenvalue weighted by Gasteiger charge is -2.31. The van der Waals surface area contributed by atoms with Gasteiger partial charge in [0.2, 0.25) is 11.8 Å². The molecular formula is C29H32BrN3O4S. The first-order valence-corrected chi connectivity index (χ1v) is 14.5. The number of carbonyl (C=O) groups is 2. The summed E-state index contributed by atoms with van der Waals surface area (Å²) in [5, 5.41) is 13.9. The van der Waals surface area contributed by atoms with E-state index in [0.29, 0.717) is 25.3 Å². The molecule has 1 N–H and O–H groups in total. The van der Waals surface area contributed by atoms with Gasteiger partial charge in [0, 0.05) is 41.9 Å². The van der Waals surface area contributed by atoms with Gasteiger partial charge < -0.3 is 10.2 Å². The summed E-state index contributed by atoms with van der Waals surface area (Å²) >= 11 is 4.88. The molecule has 200 valence electrons. The van der Waals surface area contributed by atoms with E-state index in [-0.39, 0.29) is 23.3 Å². The maximum Gasteiger partial charge on any atom is 0.269 e. The summed E-state index contributed by atoms with van der Waals surface area (Å²) in [6.07, 6.45) is 2.24. The molecule has 0 aliphatic rings. The summed E-state index contributed by atoms with van der Waals surface area (Å²) in [5.74, 6) is 0.419. The van der Waals surface area contributed by atoms with Crippen LogP contribution in [0.15, 0.2) is 83.3 Å². The Morgan fingerprint density at radius 1 is 0.974 bits per heavy atom. The van der Waals surface area contributed by atoms with E-state index in [4.69, 9.17) is 0 Å². The Hall–Kier alpha value is -3.17. The minimum Gasteiger partial charge on any atom is -0.354 e. The minimum absolute atomic E-state index is 0.0355. The maximum atomic E-state index is 13.6. The van der Waals surface area contributed by atoms with Crippen LogP contribution in [0.3, 0.4) is 0 Å². The van der Waals surface area contributed by atoms with Crippen molar-refractivity contribution in [3.63, 3.8) is 0 Å². The van der Waals surface area contributed by atoms with Gasteiger partial charge in [0.25, 0.3) is 5.69 Å². The molecule has 0 radical (unpaired) electrons. The lowest BCUT2D eigenvalue weighted by molar-refractivity contribution is -0.384. The summed E-state index contributed by atoms with van der Waals surface area (Å²) < 4.78 is 0.941. The van der Waals surface area contributed by atoms with Crippen molar-refractivity contribution in [3.05, 3.63) is 110 Å². The molecule has 9 heteroatoms. The van der Waals surface area contributed by atoms with Crippen molar-refractivity contribution < 1.29 is 14.5 Å². The Balaban J connectivity index is 1.80. The van der Waals surface area contributed by atoms with Gasteiger partial charge in [0.15, 0.2) is 0 Å². The van der Waals surface area contributed by atoms with Crippen LogP contribution in [0.1, 0.15) is 36.5 Å². The Morgan fingerprint density at radius 3 is 2.26 bits per heavy atom. The largest absolute Gasteiger partial charge is 0.354 e. The first-order chi connectivity index (χ1) is 18.4. The summed E-state index contributed by atoms with van der Waals surface area (Å²) in [4.78, 5) is 39.2. The molecule has 1 atom stereocenters. The number of hydrogen-bond donors (Lipinski definition) is 1. The zero-order valence-electron chi connectivity index (χ0n) is 21.3. The van der Waals surface area contributed by atoms with E-state index in [1.54, 1.807) is 17.0 Å². The molecule has 0 aliphatic carbocycles. The number of halogens is 1. The number of amides is 2. The van der Waals surface area contributed by atoms with Crippen molar-refractivity contribution in [2.75, 3.05) is 12.3 Å². The van der Waals surface area contributed by atoms with E-state index >= 15 is 0 Å². The Bertz CT molecular complexity index is 1190. The molecule has 0 aliphatic heterocycles. The van der Waals surface area contributed by atoms with Crippen molar-refractivity contribution >= 4 is 45.2 Å². The van der Waals surface area contributed by atoms with Crippen molar-refractivity contribution in [3.8, 4) is 0 Å². The van der Waals surface area contributed by atoms with Gasteiger partial charge in [-0.3, -0.25) is 19.7 Å². The summed E-state index contributed by atoms with van der Waals surface area (Å²) in [5.41, 5.74) is 2.84. The van der Waals surface area contributed by atoms with Crippen LogP contribution in [0.25, 0.3) is 0 Å². The van der Waals surface area contributed by atoms with Gasteiger partial charge in [-0.25, -0.2) is 0 Å². The Morgan fingerprint density at radius 2 is 1.63 bits per heavy atom. The number of benzene rings is 3. The molecule has 0 fully saturated rings. The molecule has 0 aromatic heterocycles. The molecule has 0 saturated heterocycles. The monoisotopic (exact) mass is 597 g/mol. The van der Waals surface area contributed by atoms with Gasteiger partial charge >= 0.3 is 0 Å². The quantitative estimate of drug-likeness (QED) is 0.137. The zero-order chi connectivity index (χ0) is 27.3. The normalized spacial score (nSPS) is 11.5. The average Bonchev–Trinajstić information content (AvgIpc) is 2.92. The maximum absolute atomic E-state index is 13.6. The highest BCUT2D eigenvalue weighted by Crippen LogP contribution is 2.21. The molecule has 3 aromatic carbocycles. The summed E-state index contributed by atoms with van der Waals surface area (Å²) in [6.45, 7) is 2.94. The number of unbranched alkanes of at least 4 members (excludes halogenated alkanes) is 1. The SMILES string of the molecule is CCCCNC(=O)[C@@H](Cc1ccccc1)N(Cc1ccc(Br)cc1)C(=O)CSCc1ccc([N+](=O)[O-])cc1. The highest BCUT2D eigenvalue weighted by Gasteiger charge is 2.30. The van der Waals surface area contributed by atoms with Crippen LogP contribution in [0.2, 0.25) is 0 Å². The van der Waals surface area contributed by atoms with Gasteiger partial charge in [-0.1, -0.05) is 83.9 Å². The number of nitrogens with zero attached hydrogens (tertiary/aromatic N) is 2. The number of hydrogen-bond acceptors (Lipinski definition) is 5. The van der Waals surface area contributed by atoms with E-state index in [1.165, 1.54) is 23.9 Å². The van der Waals surface area contributed by atoms with Gasteiger partial charge in [-0.15, -0.1) is 11.8 Å². The van der Waals surface area contributed by atoms with Crippen LogP contribution in [-0.2, 0) is 28.3 Å². The average molecular weight is 599 g/mol. The molecule has 0 bridgehead atoms. The second-order valence-corrected chi connectivity index (χ2v) is 10.8. The van der Waals surface area contributed by atoms with Crippen molar-refractivity contribution in [1.29, 1.82) is 0 Å². The van der Waals surface area contributed by atoms with Gasteiger partial charge in [-0.05, 0) is 35.2 Å². The predicted octanol–water partition coefficient (Wildman–Crippen LogP) is 6.15. The van der Waals surface area contributed by atoms with E-state index in [0.717, 1.165) is 34.0 Å². The zero-order valence-corrected chi connectivity index (χ0v) is 23.7. The second kappa shape index (κ2) is 15.3. The Kier molecular flexibility index (Phi) is 11.8. The highest BCUT2D eigenvalue weighted by atomic mass is 79.9. The van der Waals surface area contributed by atoms with E-state index in [9.17, 15) is 19.7 Å².